The van der Waals surface area contributed by atoms with E-state index in [1.54, 1.807) is 0 Å². The normalized spacial score (nSPS) is 17.1. The lowest BCUT2D eigenvalue weighted by Gasteiger charge is -2.13. The molecule has 0 saturated carbocycles. The minimum Gasteiger partial charge on any atom is -0.274 e. The van der Waals surface area contributed by atoms with Gasteiger partial charge in [-0.3, -0.25) is 4.79 Å². The van der Waals surface area contributed by atoms with Crippen molar-refractivity contribution >= 4 is 54.8 Å². The molecule has 0 spiro atoms. The summed E-state index contributed by atoms with van der Waals surface area (Å²) in [7, 11) is -3.70. The van der Waals surface area contributed by atoms with Gasteiger partial charge in [-0.05, 0) is 28.4 Å². The fourth-order valence-corrected chi connectivity index (χ4v) is 5.42. The summed E-state index contributed by atoms with van der Waals surface area (Å²) < 4.78 is 25.7. The van der Waals surface area contributed by atoms with Gasteiger partial charge in [-0.25, -0.2) is 12.7 Å². The third-order valence-corrected chi connectivity index (χ3v) is 6.94. The van der Waals surface area contributed by atoms with Gasteiger partial charge in [-0.2, -0.15) is 0 Å². The zero-order chi connectivity index (χ0) is 11.9. The van der Waals surface area contributed by atoms with Gasteiger partial charge >= 0.3 is 0 Å². The molecule has 0 bridgehead atoms. The van der Waals surface area contributed by atoms with E-state index in [9.17, 15) is 13.2 Å². The zero-order valence-corrected chi connectivity index (χ0v) is 11.9. The fourth-order valence-electron chi connectivity index (χ4n) is 1.44. The van der Waals surface area contributed by atoms with Crippen molar-refractivity contribution in [1.29, 1.82) is 0 Å². The molecule has 0 aromatic carbocycles. The van der Waals surface area contributed by atoms with Crippen LogP contribution in [0, 0.1) is 0 Å². The van der Waals surface area contributed by atoms with Crippen LogP contribution < -0.4 is 0 Å². The van der Waals surface area contributed by atoms with Crippen LogP contribution >= 0.6 is 38.9 Å². The van der Waals surface area contributed by atoms with Crippen LogP contribution in [0.25, 0.3) is 0 Å². The molecule has 2 rings (SSSR count). The highest BCUT2D eigenvalue weighted by molar-refractivity contribution is 9.11. The molecular formula is C8H7BrClNO3S2. The number of rotatable bonds is 2. The van der Waals surface area contributed by atoms with Crippen molar-refractivity contribution in [3.8, 4) is 0 Å². The van der Waals surface area contributed by atoms with Gasteiger partial charge in [0, 0.05) is 13.0 Å². The first-order valence-electron chi connectivity index (χ1n) is 4.43. The molecule has 1 aliphatic heterocycles. The molecule has 1 amide bonds. The van der Waals surface area contributed by atoms with Gasteiger partial charge in [-0.15, -0.1) is 11.3 Å². The SMILES string of the molecule is O=C1CCCN1S(=O)(=O)c1cc(Cl)c(Br)s1. The topological polar surface area (TPSA) is 54.5 Å². The van der Waals surface area contributed by atoms with Crippen LogP contribution in [0.2, 0.25) is 5.02 Å². The number of carbonyl (C=O) groups is 1. The molecule has 0 atom stereocenters. The number of hydrogen-bond donors (Lipinski definition) is 0. The Kier molecular flexibility index (Phi) is 3.31. The van der Waals surface area contributed by atoms with E-state index in [0.29, 0.717) is 21.7 Å². The first kappa shape index (κ1) is 12.3. The summed E-state index contributed by atoms with van der Waals surface area (Å²) in [6.45, 7) is 0.258. The Hall–Kier alpha value is -0.110. The second-order valence-corrected chi connectivity index (χ2v) is 8.13. The van der Waals surface area contributed by atoms with E-state index in [1.807, 2.05) is 0 Å². The summed E-state index contributed by atoms with van der Waals surface area (Å²) in [5.41, 5.74) is 0. The second kappa shape index (κ2) is 4.29. The molecule has 4 nitrogen and oxygen atoms in total. The van der Waals surface area contributed by atoms with E-state index < -0.39 is 10.0 Å². The first-order chi connectivity index (χ1) is 7.43. The third kappa shape index (κ3) is 2.01. The Morgan fingerprint density at radius 3 is 2.62 bits per heavy atom. The summed E-state index contributed by atoms with van der Waals surface area (Å²) >= 11 is 9.94. The minimum absolute atomic E-state index is 0.0969. The largest absolute Gasteiger partial charge is 0.276 e. The highest BCUT2D eigenvalue weighted by atomic mass is 79.9. The van der Waals surface area contributed by atoms with Gasteiger partial charge in [-0.1, -0.05) is 11.6 Å². The molecule has 0 radical (unpaired) electrons. The van der Waals surface area contributed by atoms with Crippen molar-refractivity contribution in [2.24, 2.45) is 0 Å². The quantitative estimate of drug-likeness (QED) is 0.828. The summed E-state index contributed by atoms with van der Waals surface area (Å²) in [6, 6.07) is 1.36. The molecule has 0 N–H and O–H groups in total. The fraction of sp³-hybridized carbons (Fsp3) is 0.375. The Morgan fingerprint density at radius 2 is 2.19 bits per heavy atom. The van der Waals surface area contributed by atoms with E-state index in [4.69, 9.17) is 11.6 Å². The van der Waals surface area contributed by atoms with Crippen molar-refractivity contribution in [2.75, 3.05) is 6.54 Å². The summed E-state index contributed by atoms with van der Waals surface area (Å²) in [5.74, 6) is -0.347. The average Bonchev–Trinajstić information content (AvgIpc) is 2.75. The number of nitrogens with zero attached hydrogens (tertiary/aromatic N) is 1. The molecule has 2 heterocycles. The number of carbonyl (C=O) groups excluding carboxylic acids is 1. The number of sulfonamides is 1. The molecule has 1 saturated heterocycles. The van der Waals surface area contributed by atoms with E-state index in [2.05, 4.69) is 15.9 Å². The lowest BCUT2D eigenvalue weighted by Crippen LogP contribution is -2.31. The van der Waals surface area contributed by atoms with Crippen LogP contribution in [0.5, 0.6) is 0 Å². The maximum atomic E-state index is 12.0. The van der Waals surface area contributed by atoms with Gasteiger partial charge in [0.25, 0.3) is 10.0 Å². The summed E-state index contributed by atoms with van der Waals surface area (Å²) in [6.07, 6.45) is 0.873. The first-order valence-corrected chi connectivity index (χ1v) is 7.86. The third-order valence-electron chi connectivity index (χ3n) is 2.20. The molecule has 1 aromatic heterocycles. The van der Waals surface area contributed by atoms with Crippen LogP contribution in [-0.2, 0) is 14.8 Å². The van der Waals surface area contributed by atoms with E-state index in [-0.39, 0.29) is 16.7 Å². The van der Waals surface area contributed by atoms with Crippen LogP contribution in [0.15, 0.2) is 14.1 Å². The van der Waals surface area contributed by atoms with Gasteiger partial charge in [0.1, 0.15) is 4.21 Å². The lowest BCUT2D eigenvalue weighted by molar-refractivity contribution is -0.123. The monoisotopic (exact) mass is 343 g/mol. The predicted molar refractivity (Wildman–Crippen MR) is 65.2 cm³/mol. The Labute approximate surface area is 110 Å². The zero-order valence-electron chi connectivity index (χ0n) is 7.94. The maximum Gasteiger partial charge on any atom is 0.276 e. The molecule has 1 aliphatic rings. The van der Waals surface area contributed by atoms with Crippen molar-refractivity contribution in [1.82, 2.24) is 4.31 Å². The number of amides is 1. The standard InChI is InChI=1S/C8H7BrClNO3S2/c9-8-5(10)4-7(15-8)16(13,14)11-3-1-2-6(11)12/h4H,1-3H2. The number of halogens is 2. The molecule has 1 fully saturated rings. The van der Waals surface area contributed by atoms with Crippen molar-refractivity contribution in [3.05, 3.63) is 14.9 Å². The molecular weight excluding hydrogens is 338 g/mol. The van der Waals surface area contributed by atoms with Crippen LogP contribution in [0.3, 0.4) is 0 Å². The predicted octanol–water partition coefficient (Wildman–Crippen LogP) is 2.48. The average molecular weight is 345 g/mol. The van der Waals surface area contributed by atoms with E-state index >= 15 is 0 Å². The number of thiophene rings is 1. The van der Waals surface area contributed by atoms with Gasteiger partial charge < -0.3 is 0 Å². The molecule has 0 aliphatic carbocycles. The number of hydrogen-bond acceptors (Lipinski definition) is 4. The van der Waals surface area contributed by atoms with Crippen molar-refractivity contribution in [2.45, 2.75) is 17.1 Å². The smallest absolute Gasteiger partial charge is 0.274 e. The summed E-state index contributed by atoms with van der Waals surface area (Å²) in [4.78, 5) is 11.4. The molecule has 16 heavy (non-hydrogen) atoms. The summed E-state index contributed by atoms with van der Waals surface area (Å²) in [5, 5.41) is 0.343. The Bertz CT molecular complexity index is 520. The molecule has 88 valence electrons. The van der Waals surface area contributed by atoms with Gasteiger partial charge in [0.05, 0.1) is 8.81 Å². The minimum atomic E-state index is -3.70. The van der Waals surface area contributed by atoms with Crippen LogP contribution in [0.4, 0.5) is 0 Å². The Morgan fingerprint density at radius 1 is 1.50 bits per heavy atom. The van der Waals surface area contributed by atoms with Crippen molar-refractivity contribution in [3.63, 3.8) is 0 Å². The molecule has 0 unspecified atom stereocenters. The van der Waals surface area contributed by atoms with Gasteiger partial charge in [0.2, 0.25) is 5.91 Å². The highest BCUT2D eigenvalue weighted by Gasteiger charge is 2.34. The van der Waals surface area contributed by atoms with E-state index in [0.717, 1.165) is 15.6 Å². The Balaban J connectivity index is 2.42. The second-order valence-electron chi connectivity index (χ2n) is 3.26. The maximum absolute atomic E-state index is 12.0. The lowest BCUT2D eigenvalue weighted by atomic mass is 10.4. The van der Waals surface area contributed by atoms with Crippen LogP contribution in [0.1, 0.15) is 12.8 Å². The van der Waals surface area contributed by atoms with Crippen molar-refractivity contribution < 1.29 is 13.2 Å². The van der Waals surface area contributed by atoms with Crippen LogP contribution in [-0.4, -0.2) is 25.2 Å². The molecule has 1 aromatic rings. The molecule has 8 heteroatoms. The highest BCUT2D eigenvalue weighted by Crippen LogP contribution is 2.36. The van der Waals surface area contributed by atoms with Gasteiger partial charge in [0.15, 0.2) is 0 Å². The van der Waals surface area contributed by atoms with E-state index in [1.165, 1.54) is 6.07 Å².